The summed E-state index contributed by atoms with van der Waals surface area (Å²) in [5.74, 6) is 5.97. The molecule has 0 N–H and O–H groups in total. The van der Waals surface area contributed by atoms with Crippen LogP contribution in [0.5, 0.6) is 0 Å². The molecule has 0 spiro atoms. The van der Waals surface area contributed by atoms with E-state index < -0.39 is 0 Å². The van der Waals surface area contributed by atoms with Gasteiger partial charge in [-0.15, -0.1) is 5.92 Å². The number of allylic oxidation sites excluding steroid dienone is 1. The second kappa shape index (κ2) is 9.81. The van der Waals surface area contributed by atoms with Crippen LogP contribution < -0.4 is 0 Å². The number of rotatable bonds is 2. The zero-order valence-electron chi connectivity index (χ0n) is 13.3. The third-order valence-corrected chi connectivity index (χ3v) is 3.40. The van der Waals surface area contributed by atoms with Gasteiger partial charge >= 0.3 is 0 Å². The molecule has 2 nitrogen and oxygen atoms in total. The van der Waals surface area contributed by atoms with Crippen molar-refractivity contribution in [1.29, 1.82) is 5.26 Å². The van der Waals surface area contributed by atoms with Gasteiger partial charge in [0.1, 0.15) is 0 Å². The van der Waals surface area contributed by atoms with Crippen molar-refractivity contribution in [2.45, 2.75) is 40.2 Å². The summed E-state index contributed by atoms with van der Waals surface area (Å²) in [7, 11) is 0. The van der Waals surface area contributed by atoms with Crippen molar-refractivity contribution < 1.29 is 0 Å². The van der Waals surface area contributed by atoms with Gasteiger partial charge in [-0.2, -0.15) is 5.26 Å². The van der Waals surface area contributed by atoms with Crippen LogP contribution in [0.25, 0.3) is 0 Å². The highest BCUT2D eigenvalue weighted by atomic mass is 15.1. The van der Waals surface area contributed by atoms with Gasteiger partial charge in [-0.3, -0.25) is 4.90 Å². The van der Waals surface area contributed by atoms with Crippen LogP contribution in [0, 0.1) is 23.2 Å². The van der Waals surface area contributed by atoms with E-state index in [-0.39, 0.29) is 0 Å². The molecule has 0 aromatic heterocycles. The Kier molecular flexibility index (Phi) is 7.95. The van der Waals surface area contributed by atoms with E-state index in [0.717, 1.165) is 38.0 Å². The van der Waals surface area contributed by atoms with Crippen molar-refractivity contribution in [2.75, 3.05) is 13.1 Å². The molecular weight excluding hydrogens is 256 g/mol. The van der Waals surface area contributed by atoms with Crippen LogP contribution in [0.15, 0.2) is 35.9 Å². The predicted molar refractivity (Wildman–Crippen MR) is 88.5 cm³/mol. The van der Waals surface area contributed by atoms with Crippen molar-refractivity contribution in [3.8, 4) is 17.9 Å². The largest absolute Gasteiger partial charge is 0.298 e. The molecule has 0 unspecified atom stereocenters. The van der Waals surface area contributed by atoms with Crippen molar-refractivity contribution in [2.24, 2.45) is 0 Å². The van der Waals surface area contributed by atoms with E-state index in [1.54, 1.807) is 6.08 Å². The molecule has 0 aliphatic carbocycles. The topological polar surface area (TPSA) is 27.0 Å². The van der Waals surface area contributed by atoms with E-state index in [4.69, 9.17) is 5.26 Å². The second-order valence-corrected chi connectivity index (χ2v) is 4.78. The maximum atomic E-state index is 8.64. The maximum Gasteiger partial charge on any atom is 0.0911 e. The summed E-state index contributed by atoms with van der Waals surface area (Å²) in [5.41, 5.74) is 3.69. The Morgan fingerprint density at radius 1 is 1.14 bits per heavy atom. The smallest absolute Gasteiger partial charge is 0.0911 e. The minimum absolute atomic E-state index is 0.986. The first-order valence-electron chi connectivity index (χ1n) is 7.63. The molecule has 1 aliphatic heterocycles. The SMILES string of the molecule is CC.CC#Cc1ccc(CN2CCC(=CC#N)CC2)cc1. The first-order chi connectivity index (χ1) is 10.3. The molecule has 2 rings (SSSR count). The lowest BCUT2D eigenvalue weighted by Gasteiger charge is -2.28. The van der Waals surface area contributed by atoms with E-state index in [0.29, 0.717) is 0 Å². The molecule has 2 heteroatoms. The van der Waals surface area contributed by atoms with Gasteiger partial charge < -0.3 is 0 Å². The molecule has 1 aromatic rings. The molecule has 110 valence electrons. The first kappa shape index (κ1) is 17.0. The van der Waals surface area contributed by atoms with Crippen molar-refractivity contribution >= 4 is 0 Å². The molecule has 1 aromatic carbocycles. The fourth-order valence-corrected chi connectivity index (χ4v) is 2.33. The van der Waals surface area contributed by atoms with Crippen LogP contribution in [0.2, 0.25) is 0 Å². The molecule has 1 aliphatic rings. The van der Waals surface area contributed by atoms with Crippen LogP contribution in [0.4, 0.5) is 0 Å². The number of piperidine rings is 1. The lowest BCUT2D eigenvalue weighted by molar-refractivity contribution is 0.248. The van der Waals surface area contributed by atoms with Crippen LogP contribution in [-0.4, -0.2) is 18.0 Å². The quantitative estimate of drug-likeness (QED) is 0.601. The standard InChI is InChI=1S/C17H18N2.C2H6/c1-2-3-15-4-6-17(7-5-15)14-19-12-9-16(8-11-18)10-13-19;1-2/h4-8H,9-10,12-14H2,1H3;1-2H3. The van der Waals surface area contributed by atoms with Crippen molar-refractivity contribution in [1.82, 2.24) is 4.90 Å². The number of nitrogens with zero attached hydrogens (tertiary/aromatic N) is 2. The summed E-state index contributed by atoms with van der Waals surface area (Å²) in [6, 6.07) is 10.6. The molecule has 0 saturated carbocycles. The molecule has 0 atom stereocenters. The first-order valence-corrected chi connectivity index (χ1v) is 7.63. The summed E-state index contributed by atoms with van der Waals surface area (Å²) >= 11 is 0. The van der Waals surface area contributed by atoms with Gasteiger partial charge in [0, 0.05) is 31.3 Å². The van der Waals surface area contributed by atoms with Crippen LogP contribution in [-0.2, 0) is 6.54 Å². The minimum atomic E-state index is 0.986. The Balaban J connectivity index is 0.00000106. The fourth-order valence-electron chi connectivity index (χ4n) is 2.33. The van der Waals surface area contributed by atoms with Gasteiger partial charge in [-0.25, -0.2) is 0 Å². The summed E-state index contributed by atoms with van der Waals surface area (Å²) in [6.45, 7) is 8.93. The third kappa shape index (κ3) is 5.86. The highest BCUT2D eigenvalue weighted by Gasteiger charge is 2.13. The average Bonchev–Trinajstić information content (AvgIpc) is 2.54. The lowest BCUT2D eigenvalue weighted by Crippen LogP contribution is -2.30. The van der Waals surface area contributed by atoms with Gasteiger partial charge in [0.05, 0.1) is 6.07 Å². The molecule has 1 heterocycles. The van der Waals surface area contributed by atoms with Gasteiger partial charge in [-0.1, -0.05) is 37.5 Å². The van der Waals surface area contributed by atoms with E-state index >= 15 is 0 Å². The summed E-state index contributed by atoms with van der Waals surface area (Å²) in [4.78, 5) is 2.44. The summed E-state index contributed by atoms with van der Waals surface area (Å²) in [6.07, 6.45) is 3.75. The van der Waals surface area contributed by atoms with E-state index in [9.17, 15) is 0 Å². The Bertz CT molecular complexity index is 540. The molecule has 1 saturated heterocycles. The minimum Gasteiger partial charge on any atom is -0.298 e. The fraction of sp³-hybridized carbons (Fsp3) is 0.421. The molecule has 0 bridgehead atoms. The molecule has 0 radical (unpaired) electrons. The number of nitriles is 1. The van der Waals surface area contributed by atoms with Crippen molar-refractivity contribution in [3.05, 3.63) is 47.0 Å². The van der Waals surface area contributed by atoms with E-state index in [2.05, 4.69) is 47.1 Å². The Labute approximate surface area is 129 Å². The van der Waals surface area contributed by atoms with Gasteiger partial charge in [0.25, 0.3) is 0 Å². The predicted octanol–water partition coefficient (Wildman–Crippen LogP) is 4.13. The van der Waals surface area contributed by atoms with Crippen LogP contribution in [0.3, 0.4) is 0 Å². The molecule has 1 fully saturated rings. The average molecular weight is 280 g/mol. The third-order valence-electron chi connectivity index (χ3n) is 3.40. The summed E-state index contributed by atoms with van der Waals surface area (Å²) in [5, 5.41) is 8.64. The zero-order chi connectivity index (χ0) is 15.5. The number of hydrogen-bond donors (Lipinski definition) is 0. The van der Waals surface area contributed by atoms with E-state index in [1.807, 2.05) is 20.8 Å². The Morgan fingerprint density at radius 3 is 2.29 bits per heavy atom. The number of likely N-dealkylation sites (tertiary alicyclic amines) is 1. The van der Waals surface area contributed by atoms with Gasteiger partial charge in [0.2, 0.25) is 0 Å². The second-order valence-electron chi connectivity index (χ2n) is 4.78. The number of hydrogen-bond acceptors (Lipinski definition) is 2. The highest BCUT2D eigenvalue weighted by molar-refractivity contribution is 5.35. The number of benzene rings is 1. The Morgan fingerprint density at radius 2 is 1.76 bits per heavy atom. The normalized spacial score (nSPS) is 14.1. The summed E-state index contributed by atoms with van der Waals surface area (Å²) < 4.78 is 0. The van der Waals surface area contributed by atoms with Crippen LogP contribution >= 0.6 is 0 Å². The zero-order valence-corrected chi connectivity index (χ0v) is 13.3. The van der Waals surface area contributed by atoms with Crippen molar-refractivity contribution in [3.63, 3.8) is 0 Å². The molecule has 0 amide bonds. The Hall–Kier alpha value is -2.03. The van der Waals surface area contributed by atoms with E-state index in [1.165, 1.54) is 11.1 Å². The highest BCUT2D eigenvalue weighted by Crippen LogP contribution is 2.18. The maximum absolute atomic E-state index is 8.64. The lowest BCUT2D eigenvalue weighted by atomic mass is 10.0. The van der Waals surface area contributed by atoms with Crippen LogP contribution in [0.1, 0.15) is 44.7 Å². The molecule has 21 heavy (non-hydrogen) atoms. The van der Waals surface area contributed by atoms with Gasteiger partial charge in [-0.05, 0) is 37.5 Å². The molecular formula is C19H24N2. The van der Waals surface area contributed by atoms with Gasteiger partial charge in [0.15, 0.2) is 0 Å². The monoisotopic (exact) mass is 280 g/mol.